The van der Waals surface area contributed by atoms with Crippen LogP contribution in [0.2, 0.25) is 0 Å². The van der Waals surface area contributed by atoms with Crippen molar-refractivity contribution >= 4 is 15.9 Å². The lowest BCUT2D eigenvalue weighted by molar-refractivity contribution is -0.119. The minimum atomic E-state index is -3.10. The summed E-state index contributed by atoms with van der Waals surface area (Å²) in [5.74, 6) is -0.000513. The van der Waals surface area contributed by atoms with E-state index in [1.54, 1.807) is 7.05 Å². The van der Waals surface area contributed by atoms with Gasteiger partial charge < -0.3 is 5.32 Å². The lowest BCUT2D eigenvalue weighted by atomic mass is 10.0. The van der Waals surface area contributed by atoms with E-state index >= 15 is 0 Å². The van der Waals surface area contributed by atoms with Crippen molar-refractivity contribution in [2.45, 2.75) is 19.3 Å². The molecule has 22 heavy (non-hydrogen) atoms. The maximum absolute atomic E-state index is 11.5. The molecule has 1 N–H and O–H groups in total. The molecular weight excluding hydrogens is 300 g/mol. The number of aryl methyl sites for hydroxylation is 1. The van der Waals surface area contributed by atoms with Crippen LogP contribution in [0.15, 0.2) is 35.9 Å². The van der Waals surface area contributed by atoms with Crippen molar-refractivity contribution in [3.63, 3.8) is 0 Å². The molecule has 1 amide bonds. The largest absolute Gasteiger partial charge is 0.359 e. The number of sulfonamides is 1. The molecule has 0 saturated carbocycles. The first-order valence-electron chi connectivity index (χ1n) is 7.30. The Hall–Kier alpha value is -1.66. The van der Waals surface area contributed by atoms with Crippen molar-refractivity contribution < 1.29 is 13.2 Å². The van der Waals surface area contributed by atoms with Crippen molar-refractivity contribution in [2.24, 2.45) is 0 Å². The van der Waals surface area contributed by atoms with Gasteiger partial charge in [-0.3, -0.25) is 4.79 Å². The summed E-state index contributed by atoms with van der Waals surface area (Å²) in [6.07, 6.45) is 5.32. The Kier molecular flexibility index (Phi) is 5.37. The minimum absolute atomic E-state index is 0.000513. The second kappa shape index (κ2) is 7.07. The molecule has 2 rings (SSSR count). The maximum Gasteiger partial charge on any atom is 0.224 e. The minimum Gasteiger partial charge on any atom is -0.359 e. The highest BCUT2D eigenvalue weighted by atomic mass is 32.2. The molecule has 1 aromatic carbocycles. The first kappa shape index (κ1) is 16.7. The number of benzene rings is 1. The zero-order chi connectivity index (χ0) is 16.2. The summed E-state index contributed by atoms with van der Waals surface area (Å²) < 4.78 is 24.4. The Bertz CT molecular complexity index is 680. The third kappa shape index (κ3) is 4.68. The van der Waals surface area contributed by atoms with E-state index in [1.165, 1.54) is 16.1 Å². The van der Waals surface area contributed by atoms with Gasteiger partial charge in [-0.05, 0) is 24.0 Å². The van der Waals surface area contributed by atoms with Crippen LogP contribution in [-0.2, 0) is 27.7 Å². The van der Waals surface area contributed by atoms with E-state index < -0.39 is 10.0 Å². The number of carbonyl (C=O) groups excluding carboxylic acids is 1. The van der Waals surface area contributed by atoms with Crippen LogP contribution in [0, 0.1) is 0 Å². The number of amides is 1. The van der Waals surface area contributed by atoms with Crippen LogP contribution >= 0.6 is 0 Å². The average molecular weight is 322 g/mol. The van der Waals surface area contributed by atoms with E-state index in [9.17, 15) is 13.2 Å². The number of nitrogens with one attached hydrogen (secondary N) is 1. The van der Waals surface area contributed by atoms with E-state index in [0.29, 0.717) is 19.5 Å². The van der Waals surface area contributed by atoms with E-state index in [-0.39, 0.29) is 5.91 Å². The summed E-state index contributed by atoms with van der Waals surface area (Å²) in [4.78, 5) is 11.4. The molecule has 5 nitrogen and oxygen atoms in total. The third-order valence-corrected chi connectivity index (χ3v) is 5.02. The molecule has 1 aliphatic rings. The number of hydrogen-bond donors (Lipinski definition) is 1. The van der Waals surface area contributed by atoms with Crippen molar-refractivity contribution in [1.82, 2.24) is 9.62 Å². The summed E-state index contributed by atoms with van der Waals surface area (Å²) in [5, 5.41) is 2.62. The zero-order valence-electron chi connectivity index (χ0n) is 13.0. The van der Waals surface area contributed by atoms with Crippen LogP contribution in [0.1, 0.15) is 17.5 Å². The average Bonchev–Trinajstić information content (AvgIpc) is 2.94. The van der Waals surface area contributed by atoms with Gasteiger partial charge in [0.2, 0.25) is 15.9 Å². The molecule has 0 atom stereocenters. The van der Waals surface area contributed by atoms with Crippen LogP contribution in [0.3, 0.4) is 0 Å². The van der Waals surface area contributed by atoms with Crippen molar-refractivity contribution in [2.75, 3.05) is 26.4 Å². The normalized spacial score (nSPS) is 15.6. The number of nitrogens with zero attached hydrogens (tertiary/aromatic N) is 1. The molecule has 0 aromatic heterocycles. The predicted molar refractivity (Wildman–Crippen MR) is 87.0 cm³/mol. The Morgan fingerprint density at radius 3 is 2.64 bits per heavy atom. The maximum atomic E-state index is 11.5. The van der Waals surface area contributed by atoms with Gasteiger partial charge in [0.05, 0.1) is 12.7 Å². The molecule has 0 bridgehead atoms. The van der Waals surface area contributed by atoms with Crippen LogP contribution in [0.5, 0.6) is 0 Å². The van der Waals surface area contributed by atoms with Gasteiger partial charge in [-0.1, -0.05) is 35.9 Å². The fourth-order valence-corrected chi connectivity index (χ4v) is 3.24. The molecule has 1 aliphatic heterocycles. The quantitative estimate of drug-likeness (QED) is 0.798. The molecule has 1 heterocycles. The van der Waals surface area contributed by atoms with Gasteiger partial charge in [-0.2, -0.15) is 4.31 Å². The number of rotatable bonds is 6. The standard InChI is InChI=1S/C16H22N2O3S/c1-17-16(19)11-15-5-3-4-13(10-15)6-7-14-8-9-18(12-14)22(2,20)21/h3-5,8,10H,6-7,9,11-12H2,1-2H3,(H,17,19). The van der Waals surface area contributed by atoms with Gasteiger partial charge >= 0.3 is 0 Å². The fourth-order valence-electron chi connectivity index (χ4n) is 2.49. The summed E-state index contributed by atoms with van der Waals surface area (Å²) in [6, 6.07) is 7.98. The highest BCUT2D eigenvalue weighted by Crippen LogP contribution is 2.18. The smallest absolute Gasteiger partial charge is 0.224 e. The van der Waals surface area contributed by atoms with Gasteiger partial charge in [-0.15, -0.1) is 0 Å². The Morgan fingerprint density at radius 2 is 2.00 bits per heavy atom. The number of hydrogen-bond acceptors (Lipinski definition) is 3. The van der Waals surface area contributed by atoms with E-state index in [4.69, 9.17) is 0 Å². The van der Waals surface area contributed by atoms with Gasteiger partial charge in [0, 0.05) is 20.1 Å². The van der Waals surface area contributed by atoms with E-state index in [1.807, 2.05) is 30.3 Å². The number of carbonyl (C=O) groups is 1. The Balaban J connectivity index is 1.90. The zero-order valence-corrected chi connectivity index (χ0v) is 13.8. The van der Waals surface area contributed by atoms with Gasteiger partial charge in [-0.25, -0.2) is 8.42 Å². The highest BCUT2D eigenvalue weighted by molar-refractivity contribution is 7.88. The summed E-state index contributed by atoms with van der Waals surface area (Å²) >= 11 is 0. The molecule has 0 unspecified atom stereocenters. The predicted octanol–water partition coefficient (Wildman–Crippen LogP) is 1.11. The van der Waals surface area contributed by atoms with Gasteiger partial charge in [0.25, 0.3) is 0 Å². The topological polar surface area (TPSA) is 66.5 Å². The number of likely N-dealkylation sites (N-methyl/N-ethyl adjacent to an activating group) is 1. The van der Waals surface area contributed by atoms with Crippen LogP contribution in [0.25, 0.3) is 0 Å². The van der Waals surface area contributed by atoms with E-state index in [0.717, 1.165) is 24.0 Å². The summed E-state index contributed by atoms with van der Waals surface area (Å²) in [6.45, 7) is 0.974. The second-order valence-electron chi connectivity index (χ2n) is 5.59. The van der Waals surface area contributed by atoms with Crippen molar-refractivity contribution in [3.8, 4) is 0 Å². The Morgan fingerprint density at radius 1 is 1.27 bits per heavy atom. The molecule has 120 valence electrons. The third-order valence-electron chi connectivity index (χ3n) is 3.80. The lowest BCUT2D eigenvalue weighted by Crippen LogP contribution is -2.27. The second-order valence-corrected chi connectivity index (χ2v) is 7.57. The fraction of sp³-hybridized carbons (Fsp3) is 0.438. The van der Waals surface area contributed by atoms with Crippen LogP contribution < -0.4 is 5.32 Å². The van der Waals surface area contributed by atoms with Crippen molar-refractivity contribution in [1.29, 1.82) is 0 Å². The van der Waals surface area contributed by atoms with Gasteiger partial charge in [0.15, 0.2) is 0 Å². The molecule has 0 radical (unpaired) electrons. The highest BCUT2D eigenvalue weighted by Gasteiger charge is 2.21. The summed E-state index contributed by atoms with van der Waals surface area (Å²) in [7, 11) is -1.47. The molecule has 0 fully saturated rings. The summed E-state index contributed by atoms with van der Waals surface area (Å²) in [5.41, 5.74) is 3.32. The molecular formula is C16H22N2O3S. The first-order valence-corrected chi connectivity index (χ1v) is 9.15. The Labute approximate surface area is 132 Å². The molecule has 0 spiro atoms. The molecule has 6 heteroatoms. The molecule has 1 aromatic rings. The van der Waals surface area contributed by atoms with Gasteiger partial charge in [0.1, 0.15) is 0 Å². The van der Waals surface area contributed by atoms with Crippen LogP contribution in [0.4, 0.5) is 0 Å². The molecule has 0 aliphatic carbocycles. The molecule has 0 saturated heterocycles. The van der Waals surface area contributed by atoms with Crippen LogP contribution in [-0.4, -0.2) is 45.0 Å². The van der Waals surface area contributed by atoms with Crippen molar-refractivity contribution in [3.05, 3.63) is 47.0 Å². The SMILES string of the molecule is CNC(=O)Cc1cccc(CCC2=CCN(S(C)(=O)=O)C2)c1. The first-order chi connectivity index (χ1) is 10.4. The monoisotopic (exact) mass is 322 g/mol. The van der Waals surface area contributed by atoms with E-state index in [2.05, 4.69) is 5.32 Å². The lowest BCUT2D eigenvalue weighted by Gasteiger charge is -2.12.